The minimum atomic E-state index is -0.0782. The smallest absolute Gasteiger partial charge is 0.0535 e. The molecule has 0 amide bonds. The van der Waals surface area contributed by atoms with E-state index in [-0.39, 0.29) is 7.92 Å². The normalized spacial score (nSPS) is 20.2. The molecule has 0 aliphatic heterocycles. The average Bonchev–Trinajstić information content (AvgIpc) is 3.06. The molecule has 2 saturated carbocycles. The van der Waals surface area contributed by atoms with Gasteiger partial charge in [0.25, 0.3) is 0 Å². The molecule has 0 N–H and O–H groups in total. The number of benzene rings is 1. The van der Waals surface area contributed by atoms with Crippen LogP contribution in [-0.2, 0) is 0 Å². The molecular weight excluding hydrogens is 340 g/mol. The fourth-order valence-corrected chi connectivity index (χ4v) is 9.48. The molecule has 1 aromatic heterocycles. The number of nitrogens with zero attached hydrogens (tertiary/aromatic N) is 1. The zero-order valence-electron chi connectivity index (χ0n) is 15.2. The largest absolute Gasteiger partial charge is 0.316 e. The molecule has 2 aromatic rings. The van der Waals surface area contributed by atoms with Crippen molar-refractivity contribution in [3.05, 3.63) is 42.6 Å². The van der Waals surface area contributed by atoms with Gasteiger partial charge in [0.15, 0.2) is 0 Å². The fraction of sp³-hybridized carbons (Fsp3) is 0.545. The van der Waals surface area contributed by atoms with E-state index in [0.29, 0.717) is 0 Å². The van der Waals surface area contributed by atoms with Crippen LogP contribution in [0, 0.1) is 0 Å². The molecule has 1 unspecified atom stereocenters. The molecule has 1 heterocycles. The van der Waals surface area contributed by atoms with Gasteiger partial charge in [-0.1, -0.05) is 56.7 Å². The first-order chi connectivity index (χ1) is 12.3. The summed E-state index contributed by atoms with van der Waals surface area (Å²) in [5.41, 5.74) is 4.89. The van der Waals surface area contributed by atoms with Gasteiger partial charge in [0.05, 0.1) is 5.44 Å². The number of hydrogen-bond acceptors (Lipinski definition) is 0. The molecule has 2 aliphatic rings. The topological polar surface area (TPSA) is 4.93 Å². The van der Waals surface area contributed by atoms with Crippen LogP contribution in [0.25, 0.3) is 5.69 Å². The second-order valence-electron chi connectivity index (χ2n) is 7.79. The SMILES string of the molecule is Pc1ccn(-c2ccccc2)c1P(C1CCCCC1)C1CCCCC1. The summed E-state index contributed by atoms with van der Waals surface area (Å²) in [6.07, 6.45) is 16.9. The number of para-hydroxylation sites is 1. The maximum atomic E-state index is 3.06. The Balaban J connectivity index is 1.75. The monoisotopic (exact) mass is 371 g/mol. The molecule has 2 fully saturated rings. The van der Waals surface area contributed by atoms with Gasteiger partial charge in [0, 0.05) is 11.9 Å². The van der Waals surface area contributed by atoms with E-state index in [1.165, 1.54) is 75.2 Å². The quantitative estimate of drug-likeness (QED) is 0.603. The fourth-order valence-electron chi connectivity index (χ4n) is 4.87. The van der Waals surface area contributed by atoms with Crippen LogP contribution in [0.4, 0.5) is 0 Å². The van der Waals surface area contributed by atoms with E-state index in [1.54, 1.807) is 5.44 Å². The molecule has 2 aliphatic carbocycles. The van der Waals surface area contributed by atoms with Crippen LogP contribution in [0.2, 0.25) is 0 Å². The Morgan fingerprint density at radius 2 is 1.32 bits per heavy atom. The molecule has 0 spiro atoms. The van der Waals surface area contributed by atoms with E-state index in [2.05, 4.69) is 56.4 Å². The van der Waals surface area contributed by atoms with Gasteiger partial charge < -0.3 is 4.57 Å². The lowest BCUT2D eigenvalue weighted by Gasteiger charge is -2.39. The Morgan fingerprint density at radius 1 is 0.760 bits per heavy atom. The van der Waals surface area contributed by atoms with Crippen molar-refractivity contribution in [2.45, 2.75) is 75.5 Å². The summed E-state index contributed by atoms with van der Waals surface area (Å²) in [5.74, 6) is 0. The Bertz CT molecular complexity index is 649. The second-order valence-corrected chi connectivity index (χ2v) is 11.1. The van der Waals surface area contributed by atoms with Crippen LogP contribution >= 0.6 is 17.2 Å². The predicted octanol–water partition coefficient (Wildman–Crippen LogP) is 5.75. The zero-order valence-corrected chi connectivity index (χ0v) is 17.3. The summed E-state index contributed by atoms with van der Waals surface area (Å²) in [4.78, 5) is 0. The summed E-state index contributed by atoms with van der Waals surface area (Å²) in [6, 6.07) is 13.3. The van der Waals surface area contributed by atoms with Crippen molar-refractivity contribution in [1.82, 2.24) is 4.57 Å². The number of aromatic nitrogens is 1. The average molecular weight is 371 g/mol. The minimum absolute atomic E-state index is 0.0782. The van der Waals surface area contributed by atoms with Gasteiger partial charge in [-0.3, -0.25) is 0 Å². The molecule has 25 heavy (non-hydrogen) atoms. The number of rotatable bonds is 4. The highest BCUT2D eigenvalue weighted by Crippen LogP contribution is 2.55. The van der Waals surface area contributed by atoms with E-state index in [0.717, 1.165) is 11.3 Å². The minimum Gasteiger partial charge on any atom is -0.316 e. The van der Waals surface area contributed by atoms with E-state index >= 15 is 0 Å². The van der Waals surface area contributed by atoms with Crippen LogP contribution in [0.3, 0.4) is 0 Å². The third-order valence-corrected chi connectivity index (χ3v) is 10.4. The molecule has 134 valence electrons. The van der Waals surface area contributed by atoms with Crippen molar-refractivity contribution in [2.24, 2.45) is 0 Å². The highest BCUT2D eigenvalue weighted by molar-refractivity contribution is 7.68. The first kappa shape index (κ1) is 17.8. The van der Waals surface area contributed by atoms with Crippen LogP contribution < -0.4 is 10.7 Å². The van der Waals surface area contributed by atoms with Gasteiger partial charge >= 0.3 is 0 Å². The summed E-state index contributed by atoms with van der Waals surface area (Å²) in [6.45, 7) is 0. The maximum absolute atomic E-state index is 3.06. The molecule has 1 atom stereocenters. The lowest BCUT2D eigenvalue weighted by atomic mass is 9.99. The Morgan fingerprint density at radius 3 is 1.88 bits per heavy atom. The van der Waals surface area contributed by atoms with Gasteiger partial charge in [0.1, 0.15) is 0 Å². The zero-order chi connectivity index (χ0) is 17.1. The maximum Gasteiger partial charge on any atom is 0.0535 e. The van der Waals surface area contributed by atoms with Crippen LogP contribution in [0.1, 0.15) is 64.2 Å². The summed E-state index contributed by atoms with van der Waals surface area (Å²) < 4.78 is 2.53. The first-order valence-corrected chi connectivity index (χ1v) is 12.2. The van der Waals surface area contributed by atoms with Crippen LogP contribution in [0.5, 0.6) is 0 Å². The highest BCUT2D eigenvalue weighted by atomic mass is 31.1. The molecule has 0 bridgehead atoms. The first-order valence-electron chi connectivity index (χ1n) is 10.1. The molecule has 1 aromatic carbocycles. The molecule has 3 heteroatoms. The lowest BCUT2D eigenvalue weighted by Crippen LogP contribution is -2.33. The Labute approximate surface area is 156 Å². The van der Waals surface area contributed by atoms with E-state index in [1.807, 2.05) is 0 Å². The molecular formula is C22H31NP2. The van der Waals surface area contributed by atoms with Crippen LogP contribution in [0.15, 0.2) is 42.6 Å². The third-order valence-electron chi connectivity index (χ3n) is 6.10. The molecule has 0 saturated heterocycles. The van der Waals surface area contributed by atoms with Gasteiger partial charge in [-0.15, -0.1) is 9.24 Å². The van der Waals surface area contributed by atoms with Crippen LogP contribution in [-0.4, -0.2) is 15.9 Å². The van der Waals surface area contributed by atoms with E-state index < -0.39 is 0 Å². The summed E-state index contributed by atoms with van der Waals surface area (Å²) >= 11 is 0. The van der Waals surface area contributed by atoms with Gasteiger partial charge in [-0.05, 0) is 68.4 Å². The van der Waals surface area contributed by atoms with Crippen molar-refractivity contribution >= 4 is 27.9 Å². The standard InChI is InChI=1S/C22H31NP2/c24-21-16-17-23(18-10-4-1-5-11-18)22(21)25(19-12-6-2-7-13-19)20-14-8-3-9-15-20/h1,4-5,10-11,16-17,19-20H,2-3,6-9,12-15,24H2. The van der Waals surface area contributed by atoms with Crippen molar-refractivity contribution in [3.63, 3.8) is 0 Å². The molecule has 4 rings (SSSR count). The van der Waals surface area contributed by atoms with Crippen molar-refractivity contribution in [3.8, 4) is 5.69 Å². The molecule has 1 nitrogen and oxygen atoms in total. The lowest BCUT2D eigenvalue weighted by molar-refractivity contribution is 0.486. The predicted molar refractivity (Wildman–Crippen MR) is 115 cm³/mol. The summed E-state index contributed by atoms with van der Waals surface area (Å²) in [5, 5.41) is 1.45. The van der Waals surface area contributed by atoms with Crippen molar-refractivity contribution in [2.75, 3.05) is 0 Å². The van der Waals surface area contributed by atoms with Crippen molar-refractivity contribution < 1.29 is 0 Å². The molecule has 0 radical (unpaired) electrons. The Hall–Kier alpha value is -0.640. The Kier molecular flexibility index (Phi) is 5.94. The van der Waals surface area contributed by atoms with E-state index in [4.69, 9.17) is 0 Å². The van der Waals surface area contributed by atoms with Gasteiger partial charge in [-0.25, -0.2) is 0 Å². The summed E-state index contributed by atoms with van der Waals surface area (Å²) in [7, 11) is 2.98. The van der Waals surface area contributed by atoms with Gasteiger partial charge in [-0.2, -0.15) is 0 Å². The highest BCUT2D eigenvalue weighted by Gasteiger charge is 2.35. The van der Waals surface area contributed by atoms with E-state index in [9.17, 15) is 0 Å². The van der Waals surface area contributed by atoms with Crippen molar-refractivity contribution in [1.29, 1.82) is 0 Å². The second kappa shape index (κ2) is 8.37. The van der Waals surface area contributed by atoms with Gasteiger partial charge in [0.2, 0.25) is 0 Å². The number of hydrogen-bond donors (Lipinski definition) is 0. The third kappa shape index (κ3) is 3.89.